The third kappa shape index (κ3) is 20.6. The van der Waals surface area contributed by atoms with Gasteiger partial charge in [-0.15, -0.1) is 0 Å². The standard InChI is InChI=1S/C52H57IN6O19.Tb/c1-73-40-15-38(77-28-49(69)70)16-41(74-2)51(40)31-11-34(54-36(13-31)22-58(24-45(61)62)25-46(63)64)20-57(10-9-30-5-7-33(8-6-30)56-44(60)19-53)21-35-12-32(14-37(55-35)23-59(26-47(65)66)27-48(67)68)52-42(75-3)17-39(18-43(52)76-4)78-29-50(71)72;/h5-8,11-18H,9-10,19-29H2,1-4H3,(H,56,60)(H,61,62)(H,63,64)(H,65,66)(H,67,68)(H,69,70)(H,71,72);/q;+3. The fraction of sp³-hybridized carbons (Fsp3) is 0.327. The summed E-state index contributed by atoms with van der Waals surface area (Å²) in [5, 5.41) is 60.5. The minimum Gasteiger partial charge on any atom is -0.496 e. The molecule has 0 radical (unpaired) electrons. The number of anilines is 1. The van der Waals surface area contributed by atoms with Gasteiger partial charge in [-0.25, -0.2) is 9.59 Å². The number of benzene rings is 3. The van der Waals surface area contributed by atoms with Gasteiger partial charge >= 0.3 is 74.4 Å². The van der Waals surface area contributed by atoms with Crippen LogP contribution in [0.3, 0.4) is 0 Å². The van der Waals surface area contributed by atoms with Crippen LogP contribution < -0.4 is 33.7 Å². The number of pyridine rings is 2. The summed E-state index contributed by atoms with van der Waals surface area (Å²) in [6, 6.07) is 19.7. The van der Waals surface area contributed by atoms with Crippen LogP contribution in [0.5, 0.6) is 34.5 Å². The molecule has 0 bridgehead atoms. The molecule has 0 aliphatic carbocycles. The molecule has 0 saturated heterocycles. The number of alkyl halides is 1. The van der Waals surface area contributed by atoms with E-state index < -0.39 is 75.2 Å². The topological polar surface area (TPSA) is 344 Å². The Morgan fingerprint density at radius 2 is 0.823 bits per heavy atom. The van der Waals surface area contributed by atoms with Crippen molar-refractivity contribution in [3.8, 4) is 56.8 Å². The van der Waals surface area contributed by atoms with E-state index >= 15 is 0 Å². The minimum absolute atomic E-state index is 0. The van der Waals surface area contributed by atoms with Crippen LogP contribution in [-0.2, 0) is 66.2 Å². The van der Waals surface area contributed by atoms with Crippen molar-refractivity contribution in [2.24, 2.45) is 0 Å². The minimum atomic E-state index is -1.29. The summed E-state index contributed by atoms with van der Waals surface area (Å²) in [6.45, 7) is -4.18. The maximum Gasteiger partial charge on any atom is 3.00 e. The molecule has 1 amide bonds. The van der Waals surface area contributed by atoms with Crippen molar-refractivity contribution in [2.75, 3.05) is 84.1 Å². The number of rotatable bonds is 33. The van der Waals surface area contributed by atoms with Gasteiger partial charge in [-0.1, -0.05) is 34.7 Å². The van der Waals surface area contributed by atoms with Crippen molar-refractivity contribution in [1.29, 1.82) is 0 Å². The molecule has 0 saturated carbocycles. The smallest absolute Gasteiger partial charge is 0.496 e. The van der Waals surface area contributed by atoms with E-state index in [0.29, 0.717) is 45.7 Å². The second kappa shape index (κ2) is 31.5. The SMILES string of the molecule is COc1cc(OCC(=O)O)cc(OC)c1-c1cc(CN(CC(=O)O)CC(=O)O)nc(CN(CCc2ccc(NC(=O)CI)cc2)Cc2cc(-c3c(OC)cc(OCC(=O)O)cc3OC)cc(CN(CC(=O)O)CC(=O)O)n2)c1.[Tb+3]. The first-order chi connectivity index (χ1) is 37.2. The molecule has 422 valence electrons. The van der Waals surface area contributed by atoms with Gasteiger partial charge in [0.1, 0.15) is 34.5 Å². The number of carbonyl (C=O) groups is 7. The van der Waals surface area contributed by atoms with Gasteiger partial charge in [0.15, 0.2) is 13.2 Å². The number of ether oxygens (including phenoxy) is 6. The van der Waals surface area contributed by atoms with Crippen molar-refractivity contribution in [2.45, 2.75) is 32.6 Å². The van der Waals surface area contributed by atoms with E-state index in [1.54, 1.807) is 36.4 Å². The molecular formula is C52H57IN6O19Tb+3. The average Bonchev–Trinajstić information content (AvgIpc) is 3.40. The summed E-state index contributed by atoms with van der Waals surface area (Å²) < 4.78 is 34.3. The molecule has 0 unspecified atom stereocenters. The second-order valence-corrected chi connectivity index (χ2v) is 17.9. The zero-order valence-electron chi connectivity index (χ0n) is 43.1. The Kier molecular flexibility index (Phi) is 25.7. The van der Waals surface area contributed by atoms with Gasteiger partial charge in [0, 0.05) is 62.7 Å². The Morgan fingerprint density at radius 3 is 1.11 bits per heavy atom. The number of nitrogens with zero attached hydrogens (tertiary/aromatic N) is 5. The molecule has 2 aromatic heterocycles. The zero-order chi connectivity index (χ0) is 57.1. The fourth-order valence-electron chi connectivity index (χ4n) is 8.18. The maximum atomic E-state index is 12.2. The van der Waals surface area contributed by atoms with E-state index in [4.69, 9.17) is 38.4 Å². The van der Waals surface area contributed by atoms with Crippen molar-refractivity contribution < 1.29 is 131 Å². The molecule has 3 aromatic carbocycles. The van der Waals surface area contributed by atoms with E-state index in [2.05, 4.69) is 5.32 Å². The van der Waals surface area contributed by atoms with E-state index in [9.17, 15) is 64.2 Å². The predicted molar refractivity (Wildman–Crippen MR) is 285 cm³/mol. The second-order valence-electron chi connectivity index (χ2n) is 17.2. The van der Waals surface area contributed by atoms with Crippen molar-refractivity contribution in [3.05, 3.63) is 101 Å². The maximum absolute atomic E-state index is 12.2. The number of carboxylic acid groups (broad SMARTS) is 6. The van der Waals surface area contributed by atoms with Crippen LogP contribution >= 0.6 is 22.6 Å². The molecule has 5 rings (SSSR count). The number of hydrogen-bond donors (Lipinski definition) is 7. The van der Waals surface area contributed by atoms with Crippen molar-refractivity contribution >= 4 is 70.0 Å². The summed E-state index contributed by atoms with van der Waals surface area (Å²) in [5.41, 5.74) is 4.17. The predicted octanol–water partition coefficient (Wildman–Crippen LogP) is 4.33. The first-order valence-corrected chi connectivity index (χ1v) is 24.9. The van der Waals surface area contributed by atoms with Crippen LogP contribution in [-0.4, -0.2) is 176 Å². The van der Waals surface area contributed by atoms with Gasteiger partial charge in [-0.05, 0) is 59.5 Å². The number of carboxylic acids is 6. The van der Waals surface area contributed by atoms with Crippen molar-refractivity contribution in [1.82, 2.24) is 24.7 Å². The van der Waals surface area contributed by atoms with E-state index in [1.165, 1.54) is 62.5 Å². The Labute approximate surface area is 496 Å². The number of hydrogen-bond acceptors (Lipinski definition) is 18. The monoisotopic (exact) mass is 1360 g/mol. The van der Waals surface area contributed by atoms with Gasteiger partial charge < -0.3 is 64.4 Å². The molecule has 2 heterocycles. The largest absolute Gasteiger partial charge is 3.00 e. The number of methoxy groups -OCH3 is 4. The number of halogens is 1. The van der Waals surface area contributed by atoms with Crippen molar-refractivity contribution in [3.63, 3.8) is 0 Å². The van der Waals surface area contributed by atoms with Crippen LogP contribution in [0.25, 0.3) is 22.3 Å². The van der Waals surface area contributed by atoms with E-state index in [1.807, 2.05) is 39.6 Å². The average molecular weight is 1360 g/mol. The Morgan fingerprint density at radius 1 is 0.494 bits per heavy atom. The zero-order valence-corrected chi connectivity index (χ0v) is 47.4. The number of aromatic nitrogens is 2. The number of nitrogens with one attached hydrogen (secondary N) is 1. The molecule has 5 aromatic rings. The quantitative estimate of drug-likeness (QED) is 0.0227. The van der Waals surface area contributed by atoms with Gasteiger partial charge in [0.05, 0.1) is 92.9 Å². The van der Waals surface area contributed by atoms with Gasteiger partial charge in [0.2, 0.25) is 5.91 Å². The number of amides is 1. The summed E-state index contributed by atoms with van der Waals surface area (Å²) in [4.78, 5) is 97.1. The summed E-state index contributed by atoms with van der Waals surface area (Å²) in [6.07, 6.45) is 0.397. The van der Waals surface area contributed by atoms with Crippen LogP contribution in [0.1, 0.15) is 28.3 Å². The molecule has 0 atom stereocenters. The Hall–Kier alpha value is -7.05. The van der Waals surface area contributed by atoms with Gasteiger partial charge in [0.25, 0.3) is 0 Å². The van der Waals surface area contributed by atoms with Crippen LogP contribution in [0.2, 0.25) is 0 Å². The third-order valence-corrected chi connectivity index (χ3v) is 11.9. The molecule has 25 nitrogen and oxygen atoms in total. The molecule has 0 aliphatic rings. The molecule has 27 heteroatoms. The molecular weight excluding hydrogens is 1300 g/mol. The van der Waals surface area contributed by atoms with Crippen LogP contribution in [0, 0.1) is 38.6 Å². The normalized spacial score (nSPS) is 10.9. The Bertz CT molecular complexity index is 2740. The number of carbonyl (C=O) groups excluding carboxylic acids is 1. The molecule has 0 spiro atoms. The first-order valence-electron chi connectivity index (χ1n) is 23.4. The molecule has 79 heavy (non-hydrogen) atoms. The summed E-state index contributed by atoms with van der Waals surface area (Å²) in [5.74, 6) is -6.88. The van der Waals surface area contributed by atoms with E-state index in [0.717, 1.165) is 5.56 Å². The third-order valence-electron chi connectivity index (χ3n) is 11.2. The van der Waals surface area contributed by atoms with Gasteiger partial charge in [-0.3, -0.25) is 48.6 Å². The molecule has 0 aliphatic heterocycles. The van der Waals surface area contributed by atoms with Crippen LogP contribution in [0.15, 0.2) is 72.8 Å². The molecule has 0 fully saturated rings. The summed E-state index contributed by atoms with van der Waals surface area (Å²) >= 11 is 1.96. The van der Waals surface area contributed by atoms with Gasteiger partial charge in [-0.2, -0.15) is 0 Å². The number of aliphatic carboxylic acids is 6. The Balaban J connectivity index is 0.0000134. The first kappa shape index (κ1) is 64.5. The van der Waals surface area contributed by atoms with E-state index in [-0.39, 0.29) is 128 Å². The van der Waals surface area contributed by atoms with Crippen LogP contribution in [0.4, 0.5) is 5.69 Å². The fourth-order valence-corrected chi connectivity index (χ4v) is 8.37. The summed E-state index contributed by atoms with van der Waals surface area (Å²) in [7, 11) is 5.50. The molecule has 7 N–H and O–H groups in total.